The molecule has 1 fully saturated rings. The van der Waals surface area contributed by atoms with Gasteiger partial charge in [0.1, 0.15) is 11.9 Å². The molecule has 1 heterocycles. The van der Waals surface area contributed by atoms with Crippen LogP contribution in [0.15, 0.2) is 12.1 Å². The molecule has 7 nitrogen and oxygen atoms in total. The highest BCUT2D eigenvalue weighted by Crippen LogP contribution is 2.30. The molecule has 2 rings (SSSR count). The van der Waals surface area contributed by atoms with E-state index < -0.39 is 6.10 Å². The summed E-state index contributed by atoms with van der Waals surface area (Å²) in [7, 11) is 1.51. The summed E-state index contributed by atoms with van der Waals surface area (Å²) in [5, 5.41) is 6.05. The van der Waals surface area contributed by atoms with E-state index in [1.54, 1.807) is 12.1 Å². The van der Waals surface area contributed by atoms with Crippen molar-refractivity contribution in [3.05, 3.63) is 22.7 Å². The topological polar surface area (TPSA) is 103 Å². The number of halogens is 1. The molecule has 1 aromatic rings. The quantitative estimate of drug-likeness (QED) is 0.677. The van der Waals surface area contributed by atoms with Crippen LogP contribution in [0.25, 0.3) is 0 Å². The smallest absolute Gasteiger partial charge is 0.249 e. The Kier molecular flexibility index (Phi) is 7.04. The van der Waals surface area contributed by atoms with Crippen molar-refractivity contribution in [2.45, 2.75) is 38.4 Å². The Balaban J connectivity index is 1.79. The van der Waals surface area contributed by atoms with Gasteiger partial charge in [-0.2, -0.15) is 0 Å². The maximum atomic E-state index is 12.1. The first-order chi connectivity index (χ1) is 11.9. The van der Waals surface area contributed by atoms with E-state index in [1.165, 1.54) is 7.11 Å². The second kappa shape index (κ2) is 9.03. The predicted molar refractivity (Wildman–Crippen MR) is 95.9 cm³/mol. The summed E-state index contributed by atoms with van der Waals surface area (Å²) >= 11 is 6.04. The summed E-state index contributed by atoms with van der Waals surface area (Å²) in [5.41, 5.74) is 6.90. The van der Waals surface area contributed by atoms with Crippen LogP contribution in [0, 0.1) is 6.92 Å². The lowest BCUT2D eigenvalue weighted by Crippen LogP contribution is -2.37. The van der Waals surface area contributed by atoms with Crippen LogP contribution in [0.5, 0.6) is 5.75 Å². The number of benzene rings is 1. The van der Waals surface area contributed by atoms with Crippen molar-refractivity contribution in [2.75, 3.05) is 25.5 Å². The van der Waals surface area contributed by atoms with Gasteiger partial charge >= 0.3 is 0 Å². The number of carbonyl (C=O) groups is 2. The molecule has 1 aromatic carbocycles. The lowest BCUT2D eigenvalue weighted by Gasteiger charge is -2.14. The monoisotopic (exact) mass is 369 g/mol. The Labute approximate surface area is 152 Å². The zero-order valence-corrected chi connectivity index (χ0v) is 15.2. The third kappa shape index (κ3) is 5.32. The van der Waals surface area contributed by atoms with Crippen LogP contribution < -0.4 is 21.1 Å². The number of aryl methyl sites for hydroxylation is 1. The van der Waals surface area contributed by atoms with Crippen molar-refractivity contribution in [1.82, 2.24) is 5.32 Å². The van der Waals surface area contributed by atoms with Gasteiger partial charge in [-0.05, 0) is 31.4 Å². The minimum absolute atomic E-state index is 0.0559. The Morgan fingerprint density at radius 1 is 1.40 bits per heavy atom. The van der Waals surface area contributed by atoms with Gasteiger partial charge < -0.3 is 25.8 Å². The van der Waals surface area contributed by atoms with Crippen molar-refractivity contribution in [3.63, 3.8) is 0 Å². The molecule has 0 bridgehead atoms. The van der Waals surface area contributed by atoms with Gasteiger partial charge in [-0.15, -0.1) is 0 Å². The van der Waals surface area contributed by atoms with E-state index in [1.807, 2.05) is 6.92 Å². The lowest BCUT2D eigenvalue weighted by molar-refractivity contribution is -0.131. The minimum atomic E-state index is -0.476. The number of nitrogens with two attached hydrogens (primary N) is 1. The molecule has 8 heteroatoms. The van der Waals surface area contributed by atoms with E-state index in [9.17, 15) is 9.59 Å². The number of carbonyl (C=O) groups excluding carboxylic acids is 2. The molecule has 138 valence electrons. The van der Waals surface area contributed by atoms with Crippen molar-refractivity contribution < 1.29 is 19.1 Å². The molecule has 4 N–H and O–H groups in total. The van der Waals surface area contributed by atoms with E-state index >= 15 is 0 Å². The van der Waals surface area contributed by atoms with Crippen molar-refractivity contribution in [3.8, 4) is 5.75 Å². The maximum Gasteiger partial charge on any atom is 0.249 e. The first kappa shape index (κ1) is 19.5. The maximum absolute atomic E-state index is 12.1. The average Bonchev–Trinajstić information content (AvgIpc) is 3.07. The molecule has 0 saturated carbocycles. The van der Waals surface area contributed by atoms with Crippen molar-refractivity contribution in [2.24, 2.45) is 5.73 Å². The van der Waals surface area contributed by atoms with Crippen LogP contribution in [0.4, 0.5) is 5.69 Å². The molecular formula is C17H24ClN3O4. The number of hydrogen-bond donors (Lipinski definition) is 3. The van der Waals surface area contributed by atoms with Crippen molar-refractivity contribution in [1.29, 1.82) is 0 Å². The van der Waals surface area contributed by atoms with E-state index in [2.05, 4.69) is 10.6 Å². The Morgan fingerprint density at radius 2 is 2.16 bits per heavy atom. The summed E-state index contributed by atoms with van der Waals surface area (Å²) in [6.45, 7) is 2.48. The molecule has 1 aliphatic heterocycles. The normalized spacial score (nSPS) is 19.5. The van der Waals surface area contributed by atoms with Crippen LogP contribution in [-0.2, 0) is 14.3 Å². The van der Waals surface area contributed by atoms with Crippen LogP contribution in [0.1, 0.15) is 24.8 Å². The van der Waals surface area contributed by atoms with E-state index in [0.717, 1.165) is 12.0 Å². The fourth-order valence-corrected chi connectivity index (χ4v) is 2.78. The Morgan fingerprint density at radius 3 is 2.80 bits per heavy atom. The Hall–Kier alpha value is -1.83. The number of methoxy groups -OCH3 is 1. The number of hydrogen-bond acceptors (Lipinski definition) is 5. The highest BCUT2D eigenvalue weighted by molar-refractivity contribution is 6.31. The third-order valence-corrected chi connectivity index (χ3v) is 4.48. The standard InChI is InChI=1S/C17H24ClN3O4/c1-10-7-13(15(24-2)8-12(10)18)21-16(22)5-6-20-17(23)14-4-3-11(9-19)25-14/h7-8,11,14H,3-6,9,19H2,1-2H3,(H,20,23)(H,21,22)/t11-,14+/m1/s1. The van der Waals surface area contributed by atoms with Gasteiger partial charge in [0.05, 0.1) is 18.9 Å². The number of rotatable bonds is 7. The zero-order valence-electron chi connectivity index (χ0n) is 14.4. The molecule has 1 aliphatic rings. The predicted octanol–water partition coefficient (Wildman–Crippen LogP) is 1.61. The molecule has 0 aromatic heterocycles. The first-order valence-electron chi connectivity index (χ1n) is 8.21. The Bertz CT molecular complexity index is 639. The molecule has 0 aliphatic carbocycles. The lowest BCUT2D eigenvalue weighted by atomic mass is 10.2. The van der Waals surface area contributed by atoms with E-state index in [4.69, 9.17) is 26.8 Å². The molecule has 25 heavy (non-hydrogen) atoms. The number of anilines is 1. The highest BCUT2D eigenvalue weighted by atomic mass is 35.5. The van der Waals surface area contributed by atoms with Crippen molar-refractivity contribution >= 4 is 29.1 Å². The molecule has 1 saturated heterocycles. The van der Waals surface area contributed by atoms with Gasteiger partial charge in [0.25, 0.3) is 0 Å². The summed E-state index contributed by atoms with van der Waals surface area (Å²) in [5.74, 6) is 0.0522. The minimum Gasteiger partial charge on any atom is -0.495 e. The third-order valence-electron chi connectivity index (χ3n) is 4.07. The van der Waals surface area contributed by atoms with E-state index in [-0.39, 0.29) is 30.9 Å². The summed E-state index contributed by atoms with van der Waals surface area (Å²) < 4.78 is 10.7. The second-order valence-electron chi connectivity index (χ2n) is 5.95. The first-order valence-corrected chi connectivity index (χ1v) is 8.59. The zero-order chi connectivity index (χ0) is 18.4. The van der Waals surface area contributed by atoms with Crippen LogP contribution in [0.2, 0.25) is 5.02 Å². The van der Waals surface area contributed by atoms with E-state index in [0.29, 0.717) is 29.4 Å². The SMILES string of the molecule is COc1cc(Cl)c(C)cc1NC(=O)CCNC(=O)[C@@H]1CC[C@H](CN)O1. The molecule has 2 atom stereocenters. The fourth-order valence-electron chi connectivity index (χ4n) is 2.63. The van der Waals surface area contributed by atoms with Gasteiger partial charge in [-0.3, -0.25) is 9.59 Å². The fraction of sp³-hybridized carbons (Fsp3) is 0.529. The molecule has 0 spiro atoms. The largest absolute Gasteiger partial charge is 0.495 e. The summed E-state index contributed by atoms with van der Waals surface area (Å²) in [4.78, 5) is 24.1. The number of ether oxygens (including phenoxy) is 2. The van der Waals surface area contributed by atoms with Gasteiger partial charge in [-0.1, -0.05) is 11.6 Å². The van der Waals surface area contributed by atoms with Crippen LogP contribution in [0.3, 0.4) is 0 Å². The summed E-state index contributed by atoms with van der Waals surface area (Å²) in [6.07, 6.45) is 1.05. The van der Waals surface area contributed by atoms with Crippen LogP contribution in [-0.4, -0.2) is 44.2 Å². The summed E-state index contributed by atoms with van der Waals surface area (Å²) in [6, 6.07) is 3.40. The average molecular weight is 370 g/mol. The van der Waals surface area contributed by atoms with Gasteiger partial charge in [0.2, 0.25) is 11.8 Å². The number of nitrogens with one attached hydrogen (secondary N) is 2. The van der Waals surface area contributed by atoms with Crippen LogP contribution >= 0.6 is 11.6 Å². The molecule has 0 unspecified atom stereocenters. The molecule has 0 radical (unpaired) electrons. The molecule has 2 amide bonds. The molecular weight excluding hydrogens is 346 g/mol. The second-order valence-corrected chi connectivity index (χ2v) is 6.36. The van der Waals surface area contributed by atoms with Gasteiger partial charge in [0.15, 0.2) is 0 Å². The number of amides is 2. The highest BCUT2D eigenvalue weighted by Gasteiger charge is 2.29. The van der Waals surface area contributed by atoms with Gasteiger partial charge in [0, 0.05) is 30.6 Å². The van der Waals surface area contributed by atoms with Gasteiger partial charge in [-0.25, -0.2) is 0 Å².